The SMILES string of the molecule is N#CC(Cl)(Cl)c1c[nH]c2ccccc12. The van der Waals surface area contributed by atoms with Gasteiger partial charge in [0.1, 0.15) is 6.07 Å². The van der Waals surface area contributed by atoms with Crippen LogP contribution in [0.4, 0.5) is 0 Å². The van der Waals surface area contributed by atoms with Crippen LogP contribution in [0.2, 0.25) is 0 Å². The van der Waals surface area contributed by atoms with Gasteiger partial charge in [-0.3, -0.25) is 0 Å². The molecule has 1 aromatic carbocycles. The van der Waals surface area contributed by atoms with Crippen molar-refractivity contribution in [1.82, 2.24) is 4.98 Å². The second kappa shape index (κ2) is 3.20. The molecule has 0 fully saturated rings. The summed E-state index contributed by atoms with van der Waals surface area (Å²) < 4.78 is -1.49. The van der Waals surface area contributed by atoms with E-state index in [9.17, 15) is 0 Å². The van der Waals surface area contributed by atoms with Crippen LogP contribution in [0, 0.1) is 11.3 Å². The molecule has 2 aromatic rings. The summed E-state index contributed by atoms with van der Waals surface area (Å²) in [4.78, 5) is 3.01. The quantitative estimate of drug-likeness (QED) is 0.743. The van der Waals surface area contributed by atoms with Crippen LogP contribution in [0.3, 0.4) is 0 Å². The maximum atomic E-state index is 8.80. The molecule has 0 aliphatic rings. The highest BCUT2D eigenvalue weighted by atomic mass is 35.5. The summed E-state index contributed by atoms with van der Waals surface area (Å²) in [5, 5.41) is 9.67. The van der Waals surface area contributed by atoms with Gasteiger partial charge >= 0.3 is 0 Å². The minimum atomic E-state index is -1.49. The number of rotatable bonds is 1. The van der Waals surface area contributed by atoms with Gasteiger partial charge in [0.15, 0.2) is 0 Å². The van der Waals surface area contributed by atoms with Crippen LogP contribution < -0.4 is 0 Å². The van der Waals surface area contributed by atoms with Crippen LogP contribution in [-0.2, 0) is 4.33 Å². The Bertz CT molecular complexity index is 508. The first-order valence-corrected chi connectivity index (χ1v) is 4.76. The Labute approximate surface area is 91.1 Å². The molecule has 0 unspecified atom stereocenters. The Morgan fingerprint density at radius 3 is 2.71 bits per heavy atom. The zero-order chi connectivity index (χ0) is 10.2. The molecule has 0 radical (unpaired) electrons. The van der Waals surface area contributed by atoms with Crippen molar-refractivity contribution in [3.8, 4) is 6.07 Å². The summed E-state index contributed by atoms with van der Waals surface area (Å²) >= 11 is 11.7. The van der Waals surface area contributed by atoms with Crippen molar-refractivity contribution in [1.29, 1.82) is 5.26 Å². The molecule has 1 heterocycles. The van der Waals surface area contributed by atoms with Crippen LogP contribution in [0.25, 0.3) is 10.9 Å². The van der Waals surface area contributed by atoms with E-state index in [4.69, 9.17) is 28.5 Å². The Kier molecular flexibility index (Phi) is 2.14. The van der Waals surface area contributed by atoms with Gasteiger partial charge < -0.3 is 4.98 Å². The first-order chi connectivity index (χ1) is 6.65. The molecule has 70 valence electrons. The summed E-state index contributed by atoms with van der Waals surface area (Å²) in [5.74, 6) is 0. The van der Waals surface area contributed by atoms with Gasteiger partial charge in [-0.25, -0.2) is 0 Å². The number of aromatic amines is 1. The first-order valence-electron chi connectivity index (χ1n) is 4.01. The largest absolute Gasteiger partial charge is 0.361 e. The maximum Gasteiger partial charge on any atom is 0.230 e. The standard InChI is InChI=1S/C10H6Cl2N2/c11-10(12,6-13)8-5-14-9-4-2-1-3-7(8)9/h1-5,14H. The number of benzene rings is 1. The average Bonchev–Trinajstić information content (AvgIpc) is 2.61. The van der Waals surface area contributed by atoms with Crippen molar-refractivity contribution in [2.75, 3.05) is 0 Å². The normalized spacial score (nSPS) is 11.5. The lowest BCUT2D eigenvalue weighted by Gasteiger charge is -2.07. The predicted octanol–water partition coefficient (Wildman–Crippen LogP) is 3.32. The molecule has 1 aromatic heterocycles. The lowest BCUT2D eigenvalue weighted by atomic mass is 10.1. The van der Waals surface area contributed by atoms with E-state index in [2.05, 4.69) is 4.98 Å². The summed E-state index contributed by atoms with van der Waals surface area (Å²) in [7, 11) is 0. The molecule has 0 amide bonds. The molecule has 2 rings (SSSR count). The van der Waals surface area contributed by atoms with Crippen LogP contribution in [0.5, 0.6) is 0 Å². The molecular formula is C10H6Cl2N2. The highest BCUT2D eigenvalue weighted by molar-refractivity contribution is 6.50. The number of hydrogen-bond acceptors (Lipinski definition) is 1. The molecule has 0 saturated heterocycles. The number of hydrogen-bond donors (Lipinski definition) is 1. The fourth-order valence-electron chi connectivity index (χ4n) is 1.39. The number of halogens is 2. The Morgan fingerprint density at radius 2 is 2.00 bits per heavy atom. The van der Waals surface area contributed by atoms with E-state index < -0.39 is 4.33 Å². The molecule has 2 nitrogen and oxygen atoms in total. The molecule has 0 atom stereocenters. The topological polar surface area (TPSA) is 39.6 Å². The van der Waals surface area contributed by atoms with E-state index in [1.807, 2.05) is 30.3 Å². The number of nitrogens with zero attached hydrogens (tertiary/aromatic N) is 1. The van der Waals surface area contributed by atoms with E-state index in [0.29, 0.717) is 5.56 Å². The van der Waals surface area contributed by atoms with Crippen molar-refractivity contribution in [3.63, 3.8) is 0 Å². The molecule has 4 heteroatoms. The van der Waals surface area contributed by atoms with Crippen LogP contribution in [0.15, 0.2) is 30.5 Å². The van der Waals surface area contributed by atoms with Gasteiger partial charge in [-0.2, -0.15) is 5.26 Å². The summed E-state index contributed by atoms with van der Waals surface area (Å²) in [6.07, 6.45) is 1.66. The van der Waals surface area contributed by atoms with E-state index in [-0.39, 0.29) is 0 Å². The van der Waals surface area contributed by atoms with Crippen molar-refractivity contribution in [3.05, 3.63) is 36.0 Å². The number of aromatic nitrogens is 1. The van der Waals surface area contributed by atoms with Crippen molar-refractivity contribution < 1.29 is 0 Å². The van der Waals surface area contributed by atoms with Gasteiger partial charge in [-0.1, -0.05) is 41.4 Å². The molecule has 14 heavy (non-hydrogen) atoms. The van der Waals surface area contributed by atoms with Gasteiger partial charge in [-0.15, -0.1) is 0 Å². The molecule has 0 aliphatic carbocycles. The number of alkyl halides is 2. The summed E-state index contributed by atoms with van der Waals surface area (Å²) in [5.41, 5.74) is 1.52. The number of para-hydroxylation sites is 1. The van der Waals surface area contributed by atoms with E-state index in [0.717, 1.165) is 10.9 Å². The van der Waals surface area contributed by atoms with Gasteiger partial charge in [0, 0.05) is 22.7 Å². The smallest absolute Gasteiger partial charge is 0.230 e. The lowest BCUT2D eigenvalue weighted by Crippen LogP contribution is -2.04. The van der Waals surface area contributed by atoms with Crippen LogP contribution in [0.1, 0.15) is 5.56 Å². The van der Waals surface area contributed by atoms with Gasteiger partial charge in [0.25, 0.3) is 0 Å². The molecular weight excluding hydrogens is 219 g/mol. The Balaban J connectivity index is 2.72. The number of fused-ring (bicyclic) bond motifs is 1. The van der Waals surface area contributed by atoms with Gasteiger partial charge in [0.05, 0.1) is 0 Å². The third-order valence-corrected chi connectivity index (χ3v) is 2.64. The molecule has 0 aliphatic heterocycles. The third-order valence-electron chi connectivity index (χ3n) is 2.07. The Morgan fingerprint density at radius 1 is 1.29 bits per heavy atom. The zero-order valence-corrected chi connectivity index (χ0v) is 8.60. The van der Waals surface area contributed by atoms with E-state index in [1.54, 1.807) is 6.20 Å². The second-order valence-electron chi connectivity index (χ2n) is 2.93. The van der Waals surface area contributed by atoms with Crippen molar-refractivity contribution in [2.24, 2.45) is 0 Å². The van der Waals surface area contributed by atoms with Crippen LogP contribution >= 0.6 is 23.2 Å². The van der Waals surface area contributed by atoms with Gasteiger partial charge in [-0.05, 0) is 6.07 Å². The van der Waals surface area contributed by atoms with E-state index >= 15 is 0 Å². The summed E-state index contributed by atoms with van der Waals surface area (Å²) in [6, 6.07) is 9.40. The monoisotopic (exact) mass is 224 g/mol. The van der Waals surface area contributed by atoms with E-state index in [1.165, 1.54) is 0 Å². The molecule has 0 bridgehead atoms. The number of H-pyrrole nitrogens is 1. The first kappa shape index (κ1) is 9.39. The minimum absolute atomic E-state index is 0.596. The number of nitriles is 1. The lowest BCUT2D eigenvalue weighted by molar-refractivity contribution is 1.12. The number of nitrogens with one attached hydrogen (secondary N) is 1. The zero-order valence-electron chi connectivity index (χ0n) is 7.09. The maximum absolute atomic E-state index is 8.80. The predicted molar refractivity (Wildman–Crippen MR) is 57.3 cm³/mol. The minimum Gasteiger partial charge on any atom is -0.361 e. The van der Waals surface area contributed by atoms with Gasteiger partial charge in [0.2, 0.25) is 4.33 Å². The van der Waals surface area contributed by atoms with Crippen LogP contribution in [-0.4, -0.2) is 4.98 Å². The van der Waals surface area contributed by atoms with Crippen molar-refractivity contribution in [2.45, 2.75) is 4.33 Å². The Hall–Kier alpha value is -1.17. The fourth-order valence-corrected chi connectivity index (χ4v) is 1.70. The molecule has 1 N–H and O–H groups in total. The third kappa shape index (κ3) is 1.35. The molecule has 0 saturated carbocycles. The molecule has 0 spiro atoms. The van der Waals surface area contributed by atoms with Crippen molar-refractivity contribution >= 4 is 34.1 Å². The summed E-state index contributed by atoms with van der Waals surface area (Å²) in [6.45, 7) is 0. The second-order valence-corrected chi connectivity index (χ2v) is 4.26. The average molecular weight is 225 g/mol. The fraction of sp³-hybridized carbons (Fsp3) is 0.100. The highest BCUT2D eigenvalue weighted by Gasteiger charge is 2.28. The highest BCUT2D eigenvalue weighted by Crippen LogP contribution is 2.37.